The molecule has 0 unspecified atom stereocenters. The van der Waals surface area contributed by atoms with Crippen LogP contribution in [0.4, 0.5) is 0 Å². The Bertz CT molecular complexity index is 367. The summed E-state index contributed by atoms with van der Waals surface area (Å²) in [7, 11) is 9.33. The Morgan fingerprint density at radius 2 is 1.21 bits per heavy atom. The van der Waals surface area contributed by atoms with Gasteiger partial charge in [0.25, 0.3) is 0 Å². The summed E-state index contributed by atoms with van der Waals surface area (Å²) >= 11 is 1.62. The van der Waals surface area contributed by atoms with E-state index in [0.717, 1.165) is 11.0 Å². The summed E-state index contributed by atoms with van der Waals surface area (Å²) in [4.78, 5) is 0. The predicted molar refractivity (Wildman–Crippen MR) is 119 cm³/mol. The van der Waals surface area contributed by atoms with Crippen LogP contribution in [0.5, 0.6) is 0 Å². The largest absolute Gasteiger partial charge is 0.325 e. The first kappa shape index (κ1) is 24.2. The topological polar surface area (TPSA) is 0 Å². The average Bonchev–Trinajstić information content (AvgIpc) is 2.59. The van der Waals surface area contributed by atoms with E-state index in [-0.39, 0.29) is 0 Å². The van der Waals surface area contributed by atoms with Crippen LogP contribution in [0.25, 0.3) is 0 Å². The Kier molecular flexibility index (Phi) is 16.8. The number of hydrogen-bond donors (Lipinski definition) is 0. The van der Waals surface area contributed by atoms with E-state index in [0.29, 0.717) is 0 Å². The number of unbranched alkanes of at least 4 members (excludes halogenated alkanes) is 9. The van der Waals surface area contributed by atoms with Crippen LogP contribution >= 0.6 is 30.4 Å². The molecule has 0 bridgehead atoms. The molecule has 1 aromatic rings. The minimum absolute atomic E-state index is 1.11. The second kappa shape index (κ2) is 16.7. The molecule has 0 N–H and O–H groups in total. The fourth-order valence-corrected chi connectivity index (χ4v) is 3.18. The van der Waals surface area contributed by atoms with Gasteiger partial charge in [-0.1, -0.05) is 88.6 Å². The maximum atomic E-state index is 4.61. The standard InChI is InChI=1S/C21H38N.ClI/c1-4-5-6-7-8-9-10-11-12-16-19-22(2,3)20-21-17-14-13-15-18-21;1-2/h13-15,17-18H,4-12,16,19-20H2,1-3H3;/q+1;. The van der Waals surface area contributed by atoms with Gasteiger partial charge in [0.1, 0.15) is 6.54 Å². The molecule has 3 heteroatoms. The second-order valence-corrected chi connectivity index (χ2v) is 7.49. The number of benzene rings is 1. The Balaban J connectivity index is 0.00000254. The van der Waals surface area contributed by atoms with E-state index in [1.54, 1.807) is 21.5 Å². The Hall–Kier alpha value is 0.200. The fraction of sp³-hybridized carbons (Fsp3) is 0.714. The van der Waals surface area contributed by atoms with Crippen LogP contribution in [-0.4, -0.2) is 25.1 Å². The third-order valence-electron chi connectivity index (χ3n) is 4.57. The van der Waals surface area contributed by atoms with E-state index in [1.165, 1.54) is 76.3 Å². The lowest BCUT2D eigenvalue weighted by atomic mass is 10.1. The summed E-state index contributed by atoms with van der Waals surface area (Å²) < 4.78 is 1.11. The van der Waals surface area contributed by atoms with Gasteiger partial charge in [-0.05, 0) is 21.8 Å². The van der Waals surface area contributed by atoms with Crippen molar-refractivity contribution in [2.24, 2.45) is 0 Å². The normalized spacial score (nSPS) is 11.0. The molecule has 0 aromatic heterocycles. The van der Waals surface area contributed by atoms with Crippen molar-refractivity contribution in [2.45, 2.75) is 77.7 Å². The number of quaternary nitrogens is 1. The van der Waals surface area contributed by atoms with E-state index in [1.807, 2.05) is 0 Å². The lowest BCUT2D eigenvalue weighted by Crippen LogP contribution is -2.39. The first-order valence-electron chi connectivity index (χ1n) is 9.64. The minimum atomic E-state index is 1.11. The third-order valence-corrected chi connectivity index (χ3v) is 4.57. The van der Waals surface area contributed by atoms with Crippen LogP contribution in [0.1, 0.15) is 76.7 Å². The SMILES string of the molecule is CCCCCCCCCCCC[N+](C)(C)Cc1ccccc1.ClI. The molecule has 0 atom stereocenters. The Morgan fingerprint density at radius 1 is 0.750 bits per heavy atom. The van der Waals surface area contributed by atoms with Crippen molar-refractivity contribution in [3.8, 4) is 0 Å². The molecule has 0 saturated heterocycles. The Morgan fingerprint density at radius 3 is 1.71 bits per heavy atom. The molecule has 0 aliphatic carbocycles. The van der Waals surface area contributed by atoms with Crippen molar-refractivity contribution in [1.29, 1.82) is 0 Å². The van der Waals surface area contributed by atoms with Gasteiger partial charge in [-0.3, -0.25) is 0 Å². The molecular weight excluding hydrogens is 429 g/mol. The van der Waals surface area contributed by atoms with E-state index < -0.39 is 0 Å². The van der Waals surface area contributed by atoms with Crippen LogP contribution in [0.15, 0.2) is 30.3 Å². The smallest absolute Gasteiger partial charge is 0.104 e. The summed E-state index contributed by atoms with van der Waals surface area (Å²) in [5.74, 6) is 0. The van der Waals surface area contributed by atoms with Crippen molar-refractivity contribution in [3.63, 3.8) is 0 Å². The molecular formula is C21H38ClIN+. The summed E-state index contributed by atoms with van der Waals surface area (Å²) in [6, 6.07) is 10.9. The van der Waals surface area contributed by atoms with Crippen molar-refractivity contribution < 1.29 is 4.48 Å². The molecule has 1 aromatic carbocycles. The van der Waals surface area contributed by atoms with E-state index >= 15 is 0 Å². The maximum absolute atomic E-state index is 4.61. The highest BCUT2D eigenvalue weighted by atomic mass is 127. The van der Waals surface area contributed by atoms with E-state index in [9.17, 15) is 0 Å². The quantitative estimate of drug-likeness (QED) is 0.158. The van der Waals surface area contributed by atoms with Crippen molar-refractivity contribution in [2.75, 3.05) is 20.6 Å². The highest BCUT2D eigenvalue weighted by Crippen LogP contribution is 2.13. The van der Waals surface area contributed by atoms with Crippen molar-refractivity contribution in [1.82, 2.24) is 0 Å². The molecule has 0 heterocycles. The predicted octanol–water partition coefficient (Wildman–Crippen LogP) is 7.76. The van der Waals surface area contributed by atoms with Crippen LogP contribution < -0.4 is 0 Å². The highest BCUT2D eigenvalue weighted by molar-refractivity contribution is 14.1. The zero-order valence-electron chi connectivity index (χ0n) is 16.1. The van der Waals surface area contributed by atoms with Crippen LogP contribution in [0, 0.1) is 0 Å². The van der Waals surface area contributed by atoms with Gasteiger partial charge >= 0.3 is 0 Å². The van der Waals surface area contributed by atoms with E-state index in [4.69, 9.17) is 0 Å². The van der Waals surface area contributed by atoms with Crippen LogP contribution in [-0.2, 0) is 6.54 Å². The van der Waals surface area contributed by atoms with Gasteiger partial charge in [-0.2, -0.15) is 0 Å². The highest BCUT2D eigenvalue weighted by Gasteiger charge is 2.14. The average molecular weight is 467 g/mol. The van der Waals surface area contributed by atoms with Gasteiger partial charge in [0.2, 0.25) is 0 Å². The van der Waals surface area contributed by atoms with Gasteiger partial charge in [-0.15, -0.1) is 0 Å². The lowest BCUT2D eigenvalue weighted by molar-refractivity contribution is -0.903. The lowest BCUT2D eigenvalue weighted by Gasteiger charge is -2.30. The van der Waals surface area contributed by atoms with Gasteiger partial charge in [0.15, 0.2) is 0 Å². The zero-order chi connectivity index (χ0) is 18.1. The maximum Gasteiger partial charge on any atom is 0.104 e. The molecule has 140 valence electrons. The molecule has 24 heavy (non-hydrogen) atoms. The number of nitrogens with zero attached hydrogens (tertiary/aromatic N) is 1. The van der Waals surface area contributed by atoms with Gasteiger partial charge in [0.05, 0.1) is 20.6 Å². The molecule has 0 aliphatic rings. The molecule has 1 rings (SSSR count). The van der Waals surface area contributed by atoms with Gasteiger partial charge in [-0.25, -0.2) is 0 Å². The van der Waals surface area contributed by atoms with Crippen molar-refractivity contribution >= 4 is 30.4 Å². The summed E-state index contributed by atoms with van der Waals surface area (Å²) in [5.41, 5.74) is 1.46. The number of rotatable bonds is 13. The molecule has 0 amide bonds. The second-order valence-electron chi connectivity index (χ2n) is 7.49. The van der Waals surface area contributed by atoms with Gasteiger partial charge in [0, 0.05) is 27.0 Å². The first-order valence-corrected chi connectivity index (χ1v) is 12.4. The monoisotopic (exact) mass is 466 g/mol. The zero-order valence-corrected chi connectivity index (χ0v) is 19.0. The van der Waals surface area contributed by atoms with Crippen molar-refractivity contribution in [3.05, 3.63) is 35.9 Å². The first-order chi connectivity index (χ1) is 11.6. The number of hydrogen-bond acceptors (Lipinski definition) is 0. The fourth-order valence-electron chi connectivity index (χ4n) is 3.18. The molecule has 0 spiro atoms. The third kappa shape index (κ3) is 14.5. The van der Waals surface area contributed by atoms with E-state index in [2.05, 4.69) is 60.3 Å². The molecule has 1 nitrogen and oxygen atoms in total. The Labute approximate surface area is 168 Å². The molecule has 0 aliphatic heterocycles. The number of halogens is 2. The summed E-state index contributed by atoms with van der Waals surface area (Å²) in [6.45, 7) is 4.74. The van der Waals surface area contributed by atoms with Crippen LogP contribution in [0.3, 0.4) is 0 Å². The molecule has 0 fully saturated rings. The molecule has 0 saturated carbocycles. The van der Waals surface area contributed by atoms with Crippen LogP contribution in [0.2, 0.25) is 0 Å². The molecule has 0 radical (unpaired) electrons. The summed E-state index contributed by atoms with van der Waals surface area (Å²) in [5, 5.41) is 0. The minimum Gasteiger partial charge on any atom is -0.325 e. The van der Waals surface area contributed by atoms with Gasteiger partial charge < -0.3 is 4.48 Å². The summed E-state index contributed by atoms with van der Waals surface area (Å²) in [6.07, 6.45) is 14.2.